The largest absolute Gasteiger partial charge is 0.480 e. The molecule has 1 saturated heterocycles. The summed E-state index contributed by atoms with van der Waals surface area (Å²) in [6, 6.07) is -1.46. The number of rotatable bonds is 2. The first-order valence-electron chi connectivity index (χ1n) is 6.50. The molecule has 2 rings (SSSR count). The van der Waals surface area contributed by atoms with Crippen molar-refractivity contribution in [3.8, 4) is 0 Å². The average molecular weight is 269 g/mol. The Hall–Kier alpha value is -1.79. The van der Waals surface area contributed by atoms with E-state index in [-0.39, 0.29) is 24.5 Å². The number of piperazine rings is 1. The van der Waals surface area contributed by atoms with Gasteiger partial charge in [0.05, 0.1) is 0 Å². The summed E-state index contributed by atoms with van der Waals surface area (Å²) in [5.74, 6) is -1.43. The van der Waals surface area contributed by atoms with Crippen molar-refractivity contribution in [3.05, 3.63) is 0 Å². The molecule has 1 heterocycles. The summed E-state index contributed by atoms with van der Waals surface area (Å²) in [5, 5.41) is 14.4. The quantitative estimate of drug-likeness (QED) is 0.652. The van der Waals surface area contributed by atoms with Gasteiger partial charge in [0.15, 0.2) is 0 Å². The molecule has 0 aromatic rings. The first-order valence-corrected chi connectivity index (χ1v) is 6.50. The van der Waals surface area contributed by atoms with Gasteiger partial charge in [-0.3, -0.25) is 9.69 Å². The Labute approximate surface area is 111 Å². The van der Waals surface area contributed by atoms with E-state index in [1.54, 1.807) is 0 Å². The van der Waals surface area contributed by atoms with Crippen LogP contribution in [0.15, 0.2) is 0 Å². The zero-order valence-corrected chi connectivity index (χ0v) is 10.9. The van der Waals surface area contributed by atoms with Crippen molar-refractivity contribution >= 4 is 17.9 Å². The predicted molar refractivity (Wildman–Crippen MR) is 66.5 cm³/mol. The van der Waals surface area contributed by atoms with Crippen LogP contribution >= 0.6 is 0 Å². The monoisotopic (exact) mass is 269 g/mol. The first-order chi connectivity index (χ1) is 8.91. The van der Waals surface area contributed by atoms with Crippen molar-refractivity contribution in [1.29, 1.82) is 0 Å². The minimum atomic E-state index is -1.10. The van der Waals surface area contributed by atoms with Crippen LogP contribution in [0.2, 0.25) is 0 Å². The van der Waals surface area contributed by atoms with Crippen LogP contribution in [0.25, 0.3) is 0 Å². The fraction of sp³-hybridized carbons (Fsp3) is 0.750. The molecule has 7 nitrogen and oxygen atoms in total. The van der Waals surface area contributed by atoms with Gasteiger partial charge < -0.3 is 15.7 Å². The fourth-order valence-electron chi connectivity index (χ4n) is 2.69. The van der Waals surface area contributed by atoms with Crippen molar-refractivity contribution in [3.63, 3.8) is 0 Å². The van der Waals surface area contributed by atoms with Gasteiger partial charge in [-0.2, -0.15) is 0 Å². The lowest BCUT2D eigenvalue weighted by Crippen LogP contribution is -2.63. The topological polar surface area (TPSA) is 98.7 Å². The Morgan fingerprint density at radius 3 is 2.63 bits per heavy atom. The van der Waals surface area contributed by atoms with Crippen molar-refractivity contribution in [2.75, 3.05) is 13.1 Å². The fourth-order valence-corrected chi connectivity index (χ4v) is 2.69. The van der Waals surface area contributed by atoms with E-state index in [1.165, 1.54) is 0 Å². The third kappa shape index (κ3) is 2.97. The highest BCUT2D eigenvalue weighted by Gasteiger charge is 2.38. The number of nitrogens with zero attached hydrogens (tertiary/aromatic N) is 1. The Balaban J connectivity index is 2.06. The Kier molecular flexibility index (Phi) is 3.64. The maximum absolute atomic E-state index is 12.2. The summed E-state index contributed by atoms with van der Waals surface area (Å²) in [6.07, 6.45) is 3.88. The molecule has 0 aromatic heterocycles. The maximum atomic E-state index is 12.2. The van der Waals surface area contributed by atoms with Crippen molar-refractivity contribution in [2.24, 2.45) is 0 Å². The summed E-state index contributed by atoms with van der Waals surface area (Å²) in [7, 11) is 0. The predicted octanol–water partition coefficient (Wildman–Crippen LogP) is -0.0863. The van der Waals surface area contributed by atoms with E-state index in [0.29, 0.717) is 0 Å². The molecule has 0 bridgehead atoms. The van der Waals surface area contributed by atoms with Crippen LogP contribution in [0.3, 0.4) is 0 Å². The van der Waals surface area contributed by atoms with E-state index in [4.69, 9.17) is 5.11 Å². The van der Waals surface area contributed by atoms with Gasteiger partial charge in [0, 0.05) is 12.1 Å². The van der Waals surface area contributed by atoms with Gasteiger partial charge >= 0.3 is 12.0 Å². The van der Waals surface area contributed by atoms with Crippen molar-refractivity contribution < 1.29 is 19.5 Å². The van der Waals surface area contributed by atoms with E-state index in [1.807, 2.05) is 6.92 Å². The molecule has 1 saturated carbocycles. The number of hydrogen-bond donors (Lipinski definition) is 3. The SMILES string of the molecule is CC1(NC(=O)N2CC(=O)NCC2C(=O)O)CCCC1. The highest BCUT2D eigenvalue weighted by atomic mass is 16.4. The van der Waals surface area contributed by atoms with Gasteiger partial charge in [-0.25, -0.2) is 9.59 Å². The molecule has 7 heteroatoms. The Morgan fingerprint density at radius 2 is 2.05 bits per heavy atom. The molecule has 1 unspecified atom stereocenters. The van der Waals surface area contributed by atoms with Gasteiger partial charge in [0.2, 0.25) is 5.91 Å². The molecule has 0 radical (unpaired) electrons. The minimum Gasteiger partial charge on any atom is -0.480 e. The minimum absolute atomic E-state index is 0.0434. The molecule has 0 aromatic carbocycles. The zero-order valence-electron chi connectivity index (χ0n) is 10.9. The number of urea groups is 1. The lowest BCUT2D eigenvalue weighted by Gasteiger charge is -2.36. The van der Waals surface area contributed by atoms with E-state index >= 15 is 0 Å². The summed E-state index contributed by atoms with van der Waals surface area (Å²) < 4.78 is 0. The number of amides is 3. The van der Waals surface area contributed by atoms with Crippen LogP contribution in [0.4, 0.5) is 4.79 Å². The normalized spacial score (nSPS) is 25.8. The van der Waals surface area contributed by atoms with Gasteiger partial charge in [-0.15, -0.1) is 0 Å². The molecule has 106 valence electrons. The first kappa shape index (κ1) is 13.6. The molecule has 1 aliphatic carbocycles. The third-order valence-corrected chi connectivity index (χ3v) is 3.84. The Morgan fingerprint density at radius 1 is 1.42 bits per heavy atom. The number of carbonyl (C=O) groups excluding carboxylic acids is 2. The zero-order chi connectivity index (χ0) is 14.0. The molecule has 3 N–H and O–H groups in total. The van der Waals surface area contributed by atoms with Crippen molar-refractivity contribution in [1.82, 2.24) is 15.5 Å². The number of carbonyl (C=O) groups is 3. The molecular weight excluding hydrogens is 250 g/mol. The van der Waals surface area contributed by atoms with Crippen molar-refractivity contribution in [2.45, 2.75) is 44.2 Å². The molecule has 19 heavy (non-hydrogen) atoms. The second-order valence-electron chi connectivity index (χ2n) is 5.48. The lowest BCUT2D eigenvalue weighted by molar-refractivity contribution is -0.144. The van der Waals surface area contributed by atoms with E-state index in [2.05, 4.69) is 10.6 Å². The Bertz CT molecular complexity index is 404. The van der Waals surface area contributed by atoms with Gasteiger partial charge in [-0.05, 0) is 19.8 Å². The molecule has 1 atom stereocenters. The van der Waals surface area contributed by atoms with Crippen LogP contribution < -0.4 is 10.6 Å². The van der Waals surface area contributed by atoms with Gasteiger partial charge in [0.1, 0.15) is 12.6 Å². The maximum Gasteiger partial charge on any atom is 0.328 e. The number of nitrogens with one attached hydrogen (secondary N) is 2. The van der Waals surface area contributed by atoms with E-state index in [9.17, 15) is 14.4 Å². The molecule has 2 fully saturated rings. The average Bonchev–Trinajstić information content (AvgIpc) is 2.75. The number of carboxylic acids is 1. The standard InChI is InChI=1S/C12H19N3O4/c1-12(4-2-3-5-12)14-11(19)15-7-9(16)13-6-8(15)10(17)18/h8H,2-7H2,1H3,(H,13,16)(H,14,19)(H,17,18). The second-order valence-corrected chi connectivity index (χ2v) is 5.48. The molecule has 1 aliphatic heterocycles. The number of hydrogen-bond acceptors (Lipinski definition) is 3. The van der Waals surface area contributed by atoms with Gasteiger partial charge in [-0.1, -0.05) is 12.8 Å². The summed E-state index contributed by atoms with van der Waals surface area (Å²) in [4.78, 5) is 35.8. The molecule has 3 amide bonds. The molecule has 2 aliphatic rings. The summed E-state index contributed by atoms with van der Waals surface area (Å²) >= 11 is 0. The second kappa shape index (κ2) is 5.07. The summed E-state index contributed by atoms with van der Waals surface area (Å²) in [6.45, 7) is 1.70. The van der Waals surface area contributed by atoms with Crippen LogP contribution in [0.1, 0.15) is 32.6 Å². The molecular formula is C12H19N3O4. The van der Waals surface area contributed by atoms with Crippen LogP contribution in [0, 0.1) is 0 Å². The summed E-state index contributed by atoms with van der Waals surface area (Å²) in [5.41, 5.74) is -0.284. The number of aliphatic carboxylic acids is 1. The van der Waals surface area contributed by atoms with Crippen LogP contribution in [0.5, 0.6) is 0 Å². The smallest absolute Gasteiger partial charge is 0.328 e. The van der Waals surface area contributed by atoms with E-state index < -0.39 is 18.0 Å². The third-order valence-electron chi connectivity index (χ3n) is 3.84. The highest BCUT2D eigenvalue weighted by Crippen LogP contribution is 2.29. The van der Waals surface area contributed by atoms with Crippen LogP contribution in [-0.2, 0) is 9.59 Å². The van der Waals surface area contributed by atoms with E-state index in [0.717, 1.165) is 30.6 Å². The van der Waals surface area contributed by atoms with Crippen LogP contribution in [-0.4, -0.2) is 52.6 Å². The highest BCUT2D eigenvalue weighted by molar-refractivity contribution is 5.90. The molecule has 0 spiro atoms. The van der Waals surface area contributed by atoms with Gasteiger partial charge in [0.25, 0.3) is 0 Å². The number of carboxylic acid groups (broad SMARTS) is 1. The lowest BCUT2D eigenvalue weighted by atomic mass is 10.0.